The number of ether oxygens (including phenoxy) is 1. The molecule has 0 fully saturated rings. The molecule has 0 saturated heterocycles. The maximum atomic E-state index is 13.3. The quantitative estimate of drug-likeness (QED) is 0.117. The minimum atomic E-state index is -0.380. The van der Waals surface area contributed by atoms with Crippen molar-refractivity contribution in [2.24, 2.45) is 0 Å². The van der Waals surface area contributed by atoms with Crippen LogP contribution in [0.25, 0.3) is 11.3 Å². The number of hydrogen-bond acceptors (Lipinski definition) is 5. The number of para-hydroxylation sites is 1. The fourth-order valence-corrected chi connectivity index (χ4v) is 4.24. The van der Waals surface area contributed by atoms with Crippen molar-refractivity contribution in [1.29, 1.82) is 0 Å². The number of hydroxylamine groups is 1. The van der Waals surface area contributed by atoms with E-state index in [1.807, 2.05) is 72.8 Å². The molecule has 1 aromatic heterocycles. The van der Waals surface area contributed by atoms with E-state index in [1.165, 1.54) is 0 Å². The molecular weight excluding hydrogens is 480 g/mol. The van der Waals surface area contributed by atoms with E-state index in [0.29, 0.717) is 31.6 Å². The maximum Gasteiger partial charge on any atom is 0.251 e. The average molecular weight is 513 g/mol. The summed E-state index contributed by atoms with van der Waals surface area (Å²) < 4.78 is 11.5. The predicted octanol–water partition coefficient (Wildman–Crippen LogP) is 5.91. The van der Waals surface area contributed by atoms with Crippen LogP contribution < -0.4 is 15.5 Å². The molecule has 1 heterocycles. The predicted molar refractivity (Wildman–Crippen MR) is 145 cm³/mol. The van der Waals surface area contributed by atoms with E-state index in [2.05, 4.69) is 17.4 Å². The molecular formula is C31H32N2O5. The Labute approximate surface area is 222 Å². The summed E-state index contributed by atoms with van der Waals surface area (Å²) in [6.07, 6.45) is 4.82. The third kappa shape index (κ3) is 7.57. The van der Waals surface area contributed by atoms with E-state index in [4.69, 9.17) is 14.4 Å². The molecule has 7 nitrogen and oxygen atoms in total. The highest BCUT2D eigenvalue weighted by molar-refractivity contribution is 5.96. The van der Waals surface area contributed by atoms with Gasteiger partial charge < -0.3 is 14.5 Å². The zero-order valence-electron chi connectivity index (χ0n) is 21.2. The molecule has 38 heavy (non-hydrogen) atoms. The monoisotopic (exact) mass is 512 g/mol. The molecule has 4 rings (SSSR count). The van der Waals surface area contributed by atoms with Crippen LogP contribution in [0.1, 0.15) is 52.7 Å². The van der Waals surface area contributed by atoms with E-state index < -0.39 is 0 Å². The van der Waals surface area contributed by atoms with Crippen molar-refractivity contribution in [3.8, 4) is 17.1 Å². The summed E-state index contributed by atoms with van der Waals surface area (Å²) in [6.45, 7) is 0.831. The molecule has 3 aromatic carbocycles. The summed E-state index contributed by atoms with van der Waals surface area (Å²) in [5, 5.41) is 11.6. The van der Waals surface area contributed by atoms with Gasteiger partial charge in [0.05, 0.1) is 12.9 Å². The van der Waals surface area contributed by atoms with E-state index in [0.717, 1.165) is 46.6 Å². The van der Waals surface area contributed by atoms with Crippen LogP contribution in [0.15, 0.2) is 95.6 Å². The molecule has 0 bridgehead atoms. The van der Waals surface area contributed by atoms with Crippen molar-refractivity contribution in [2.75, 3.05) is 6.61 Å². The van der Waals surface area contributed by atoms with Crippen molar-refractivity contribution in [1.82, 2.24) is 10.8 Å². The van der Waals surface area contributed by atoms with Gasteiger partial charge in [-0.25, -0.2) is 5.48 Å². The number of rotatable bonds is 13. The summed E-state index contributed by atoms with van der Waals surface area (Å²) in [5.74, 6) is 0.945. The van der Waals surface area contributed by atoms with Crippen molar-refractivity contribution in [3.63, 3.8) is 0 Å². The van der Waals surface area contributed by atoms with Gasteiger partial charge in [-0.05, 0) is 67.1 Å². The first-order valence-corrected chi connectivity index (χ1v) is 12.8. The lowest BCUT2D eigenvalue weighted by Gasteiger charge is -2.14. The fourth-order valence-electron chi connectivity index (χ4n) is 4.24. The molecule has 3 N–H and O–H groups in total. The van der Waals surface area contributed by atoms with Gasteiger partial charge in [0.25, 0.3) is 5.91 Å². The first-order valence-electron chi connectivity index (χ1n) is 12.8. The second-order valence-corrected chi connectivity index (χ2v) is 9.00. The molecule has 196 valence electrons. The lowest BCUT2D eigenvalue weighted by atomic mass is 9.96. The fraction of sp³-hybridized carbons (Fsp3) is 0.226. The van der Waals surface area contributed by atoms with Crippen molar-refractivity contribution < 1.29 is 24.0 Å². The van der Waals surface area contributed by atoms with E-state index in [1.54, 1.807) is 11.7 Å². The number of amides is 2. The van der Waals surface area contributed by atoms with Gasteiger partial charge >= 0.3 is 0 Å². The number of furan rings is 1. The lowest BCUT2D eigenvalue weighted by molar-refractivity contribution is -0.129. The van der Waals surface area contributed by atoms with Crippen LogP contribution in [-0.4, -0.2) is 23.6 Å². The van der Waals surface area contributed by atoms with Crippen molar-refractivity contribution in [2.45, 2.75) is 38.6 Å². The molecule has 0 spiro atoms. The molecule has 2 amide bonds. The van der Waals surface area contributed by atoms with Gasteiger partial charge in [-0.2, -0.15) is 0 Å². The molecule has 4 aromatic rings. The third-order valence-electron chi connectivity index (χ3n) is 6.24. The van der Waals surface area contributed by atoms with E-state index >= 15 is 0 Å². The second kappa shape index (κ2) is 13.8. The minimum Gasteiger partial charge on any atom is -0.493 e. The molecule has 0 radical (unpaired) electrons. The van der Waals surface area contributed by atoms with Crippen LogP contribution in [0.4, 0.5) is 0 Å². The van der Waals surface area contributed by atoms with Crippen LogP contribution in [0, 0.1) is 0 Å². The van der Waals surface area contributed by atoms with Crippen LogP contribution in [0.3, 0.4) is 0 Å². The van der Waals surface area contributed by atoms with Crippen molar-refractivity contribution in [3.05, 3.63) is 113 Å². The zero-order valence-corrected chi connectivity index (χ0v) is 21.2. The Bertz CT molecular complexity index is 1320. The third-order valence-corrected chi connectivity index (χ3v) is 6.24. The number of hydrogen-bond donors (Lipinski definition) is 3. The molecule has 0 aliphatic rings. The SMILES string of the molecule is O=C(CCCCCOc1ccccc1CNC(=O)c1ccc(-c2ccco2)cc1Cc1ccccc1)NO. The standard InChI is InChI=1S/C31H32N2O5/c34-30(33-36)15-5-2-8-18-37-29-13-7-6-12-25(29)22-32-31(35)27-17-16-24(28-14-9-19-38-28)21-26(27)20-23-10-3-1-4-11-23/h1,3-4,6-7,9-14,16-17,19,21,36H,2,5,8,15,18,20,22H2,(H,32,35)(H,33,34). The van der Waals surface area contributed by atoms with Gasteiger partial charge in [-0.1, -0.05) is 54.6 Å². The highest BCUT2D eigenvalue weighted by Gasteiger charge is 2.15. The van der Waals surface area contributed by atoms with Crippen LogP contribution >= 0.6 is 0 Å². The maximum absolute atomic E-state index is 13.3. The molecule has 0 aliphatic heterocycles. The van der Waals surface area contributed by atoms with Crippen molar-refractivity contribution >= 4 is 11.8 Å². The number of benzene rings is 3. The Morgan fingerprint density at radius 2 is 1.66 bits per heavy atom. The summed E-state index contributed by atoms with van der Waals surface area (Å²) in [7, 11) is 0. The molecule has 0 atom stereocenters. The number of carbonyl (C=O) groups excluding carboxylic acids is 2. The van der Waals surface area contributed by atoms with Gasteiger partial charge in [0.2, 0.25) is 5.91 Å². The minimum absolute atomic E-state index is 0.154. The van der Waals surface area contributed by atoms with Gasteiger partial charge in [-0.3, -0.25) is 14.8 Å². The van der Waals surface area contributed by atoms with Gasteiger partial charge in [0.1, 0.15) is 11.5 Å². The summed E-state index contributed by atoms with van der Waals surface area (Å²) in [4.78, 5) is 24.4. The van der Waals surface area contributed by atoms with Gasteiger partial charge in [0.15, 0.2) is 0 Å². The first kappa shape index (κ1) is 26.7. The Kier molecular flexibility index (Phi) is 9.70. The molecule has 7 heteroatoms. The summed E-state index contributed by atoms with van der Waals surface area (Å²) in [6, 6.07) is 27.2. The Hall–Kier alpha value is -4.36. The van der Waals surface area contributed by atoms with Gasteiger partial charge in [0, 0.05) is 29.7 Å². The second-order valence-electron chi connectivity index (χ2n) is 9.00. The highest BCUT2D eigenvalue weighted by atomic mass is 16.5. The first-order chi connectivity index (χ1) is 18.6. The van der Waals surface area contributed by atoms with Crippen LogP contribution in [-0.2, 0) is 17.8 Å². The van der Waals surface area contributed by atoms with E-state index in [-0.39, 0.29) is 18.2 Å². The highest BCUT2D eigenvalue weighted by Crippen LogP contribution is 2.25. The average Bonchev–Trinajstić information content (AvgIpc) is 3.50. The van der Waals surface area contributed by atoms with Crippen LogP contribution in [0.5, 0.6) is 5.75 Å². The van der Waals surface area contributed by atoms with Crippen LogP contribution in [0.2, 0.25) is 0 Å². The smallest absolute Gasteiger partial charge is 0.251 e. The Morgan fingerprint density at radius 3 is 2.45 bits per heavy atom. The molecule has 0 aliphatic carbocycles. The molecule has 0 saturated carbocycles. The lowest BCUT2D eigenvalue weighted by Crippen LogP contribution is -2.24. The van der Waals surface area contributed by atoms with Gasteiger partial charge in [-0.15, -0.1) is 0 Å². The summed E-state index contributed by atoms with van der Waals surface area (Å²) >= 11 is 0. The number of nitrogens with one attached hydrogen (secondary N) is 2. The largest absolute Gasteiger partial charge is 0.493 e. The Morgan fingerprint density at radius 1 is 0.842 bits per heavy atom. The normalized spacial score (nSPS) is 10.7. The Balaban J connectivity index is 1.40. The van der Waals surface area contributed by atoms with E-state index in [9.17, 15) is 9.59 Å². The topological polar surface area (TPSA) is 101 Å². The summed E-state index contributed by atoms with van der Waals surface area (Å²) in [5.41, 5.74) is 6.11. The number of carbonyl (C=O) groups is 2. The number of unbranched alkanes of at least 4 members (excludes halogenated alkanes) is 2. The zero-order chi connectivity index (χ0) is 26.6. The molecule has 0 unspecified atom stereocenters.